The highest BCUT2D eigenvalue weighted by Gasteiger charge is 2.27. The molecule has 2 N–H and O–H groups in total. The van der Waals surface area contributed by atoms with Crippen molar-refractivity contribution in [2.75, 3.05) is 18.6 Å². The fraction of sp³-hybridized carbons (Fsp3) is 0.778. The van der Waals surface area contributed by atoms with Crippen molar-refractivity contribution in [1.82, 2.24) is 5.32 Å². The van der Waals surface area contributed by atoms with Crippen molar-refractivity contribution < 1.29 is 14.7 Å². The average molecular weight is 219 g/mol. The molecule has 0 saturated heterocycles. The summed E-state index contributed by atoms with van der Waals surface area (Å²) in [5, 5.41) is 11.4. The highest BCUT2D eigenvalue weighted by Crippen LogP contribution is 2.13. The van der Waals surface area contributed by atoms with Gasteiger partial charge in [-0.15, -0.1) is 0 Å². The number of amides is 1. The van der Waals surface area contributed by atoms with Gasteiger partial charge in [-0.1, -0.05) is 0 Å². The third-order valence-corrected chi connectivity index (χ3v) is 2.45. The Bertz CT molecular complexity index is 216. The number of hydrogen-bond donors (Lipinski definition) is 2. The van der Waals surface area contributed by atoms with Gasteiger partial charge in [0.2, 0.25) is 5.91 Å². The van der Waals surface area contributed by atoms with Gasteiger partial charge in [-0.3, -0.25) is 9.59 Å². The number of thioether (sulfide) groups is 1. The summed E-state index contributed by atoms with van der Waals surface area (Å²) in [5.41, 5.74) is -0.894. The van der Waals surface area contributed by atoms with Gasteiger partial charge in [0.15, 0.2) is 0 Å². The van der Waals surface area contributed by atoms with Crippen molar-refractivity contribution in [2.45, 2.75) is 20.3 Å². The van der Waals surface area contributed by atoms with Crippen LogP contribution in [0.15, 0.2) is 0 Å². The van der Waals surface area contributed by atoms with E-state index in [2.05, 4.69) is 5.32 Å². The molecule has 0 atom stereocenters. The minimum Gasteiger partial charge on any atom is -0.481 e. The zero-order valence-electron chi connectivity index (χ0n) is 8.79. The van der Waals surface area contributed by atoms with Crippen LogP contribution in [0, 0.1) is 5.41 Å². The zero-order valence-corrected chi connectivity index (χ0v) is 9.61. The number of nitrogens with one attached hydrogen (secondary N) is 1. The van der Waals surface area contributed by atoms with E-state index in [0.29, 0.717) is 6.42 Å². The molecule has 0 unspecified atom stereocenters. The van der Waals surface area contributed by atoms with Gasteiger partial charge in [0, 0.05) is 18.7 Å². The second-order valence-electron chi connectivity index (χ2n) is 3.71. The summed E-state index contributed by atoms with van der Waals surface area (Å²) < 4.78 is 0. The molecule has 0 saturated carbocycles. The molecule has 0 bridgehead atoms. The average Bonchev–Trinajstić information content (AvgIpc) is 2.11. The highest BCUT2D eigenvalue weighted by molar-refractivity contribution is 7.98. The van der Waals surface area contributed by atoms with E-state index in [-0.39, 0.29) is 12.5 Å². The molecule has 14 heavy (non-hydrogen) atoms. The Kier molecular flexibility index (Phi) is 5.60. The molecular formula is C9H17NO3S. The van der Waals surface area contributed by atoms with Gasteiger partial charge in [0.05, 0.1) is 5.41 Å². The first kappa shape index (κ1) is 13.3. The van der Waals surface area contributed by atoms with E-state index < -0.39 is 11.4 Å². The molecule has 0 spiro atoms. The van der Waals surface area contributed by atoms with E-state index >= 15 is 0 Å². The molecule has 0 aliphatic heterocycles. The number of carboxylic acid groups (broad SMARTS) is 1. The van der Waals surface area contributed by atoms with Gasteiger partial charge in [-0.05, 0) is 20.1 Å². The number of carbonyl (C=O) groups is 2. The van der Waals surface area contributed by atoms with Crippen molar-refractivity contribution in [3.8, 4) is 0 Å². The predicted molar refractivity (Wildman–Crippen MR) is 57.4 cm³/mol. The van der Waals surface area contributed by atoms with E-state index in [4.69, 9.17) is 5.11 Å². The van der Waals surface area contributed by atoms with E-state index in [9.17, 15) is 9.59 Å². The maximum Gasteiger partial charge on any atom is 0.310 e. The predicted octanol–water partition coefficient (Wildman–Crippen LogP) is 0.966. The van der Waals surface area contributed by atoms with Crippen LogP contribution in [0.3, 0.4) is 0 Å². The summed E-state index contributed by atoms with van der Waals surface area (Å²) in [6.07, 6.45) is 2.37. The molecule has 4 nitrogen and oxygen atoms in total. The Labute approximate surface area is 88.4 Å². The van der Waals surface area contributed by atoms with Crippen molar-refractivity contribution >= 4 is 23.6 Å². The molecule has 0 aromatic carbocycles. The summed E-state index contributed by atoms with van der Waals surface area (Å²) >= 11 is 1.59. The standard InChI is InChI=1S/C9H17NO3S/c1-9(2,8(12)13)6-10-7(11)4-5-14-3/h4-6H2,1-3H3,(H,10,11)(H,12,13). The fourth-order valence-corrected chi connectivity index (χ4v) is 1.07. The lowest BCUT2D eigenvalue weighted by Gasteiger charge is -2.19. The lowest BCUT2D eigenvalue weighted by Crippen LogP contribution is -2.38. The first-order valence-electron chi connectivity index (χ1n) is 4.39. The topological polar surface area (TPSA) is 66.4 Å². The van der Waals surface area contributed by atoms with Crippen LogP contribution in [0.1, 0.15) is 20.3 Å². The molecule has 0 aromatic rings. The van der Waals surface area contributed by atoms with Gasteiger partial charge < -0.3 is 10.4 Å². The van der Waals surface area contributed by atoms with Crippen molar-refractivity contribution in [2.24, 2.45) is 5.41 Å². The number of carbonyl (C=O) groups excluding carboxylic acids is 1. The van der Waals surface area contributed by atoms with E-state index in [1.807, 2.05) is 6.26 Å². The first-order valence-corrected chi connectivity index (χ1v) is 5.78. The van der Waals surface area contributed by atoms with Gasteiger partial charge >= 0.3 is 5.97 Å². The molecule has 5 heteroatoms. The van der Waals surface area contributed by atoms with Crippen LogP contribution in [0.4, 0.5) is 0 Å². The maximum atomic E-state index is 11.2. The molecule has 0 heterocycles. The fourth-order valence-electron chi connectivity index (χ4n) is 0.678. The van der Waals surface area contributed by atoms with Crippen LogP contribution in [0.2, 0.25) is 0 Å². The summed E-state index contributed by atoms with van der Waals surface area (Å²) in [7, 11) is 0. The summed E-state index contributed by atoms with van der Waals surface area (Å²) in [4.78, 5) is 21.8. The number of hydrogen-bond acceptors (Lipinski definition) is 3. The Balaban J connectivity index is 3.82. The summed E-state index contributed by atoms with van der Waals surface area (Å²) in [5.74, 6) is -0.226. The minimum absolute atomic E-state index is 0.0892. The Hall–Kier alpha value is -0.710. The molecule has 82 valence electrons. The molecule has 1 amide bonds. The normalized spacial score (nSPS) is 11.1. The van der Waals surface area contributed by atoms with Crippen molar-refractivity contribution in [3.63, 3.8) is 0 Å². The van der Waals surface area contributed by atoms with E-state index in [0.717, 1.165) is 5.75 Å². The Morgan fingerprint density at radius 1 is 1.43 bits per heavy atom. The van der Waals surface area contributed by atoms with Crippen molar-refractivity contribution in [3.05, 3.63) is 0 Å². The van der Waals surface area contributed by atoms with Gasteiger partial charge in [0.1, 0.15) is 0 Å². The molecular weight excluding hydrogens is 202 g/mol. The number of aliphatic carboxylic acids is 1. The van der Waals surface area contributed by atoms with Crippen LogP contribution >= 0.6 is 11.8 Å². The monoisotopic (exact) mass is 219 g/mol. The Morgan fingerprint density at radius 3 is 2.43 bits per heavy atom. The van der Waals surface area contributed by atoms with Crippen LogP contribution in [0.5, 0.6) is 0 Å². The second kappa shape index (κ2) is 5.90. The van der Waals surface area contributed by atoms with Gasteiger partial charge in [-0.25, -0.2) is 0 Å². The van der Waals surface area contributed by atoms with E-state index in [1.165, 1.54) is 0 Å². The summed E-state index contributed by atoms with van der Waals surface area (Å²) in [6, 6.07) is 0. The molecule has 0 rings (SSSR count). The lowest BCUT2D eigenvalue weighted by molar-refractivity contribution is -0.146. The third-order valence-electron chi connectivity index (χ3n) is 1.84. The van der Waals surface area contributed by atoms with Gasteiger partial charge in [0.25, 0.3) is 0 Å². The zero-order chi connectivity index (χ0) is 11.2. The quantitative estimate of drug-likeness (QED) is 0.698. The minimum atomic E-state index is -0.900. The van der Waals surface area contributed by atoms with Crippen LogP contribution in [-0.4, -0.2) is 35.5 Å². The molecule has 0 radical (unpaired) electrons. The van der Waals surface area contributed by atoms with Crippen molar-refractivity contribution in [1.29, 1.82) is 0 Å². The second-order valence-corrected chi connectivity index (χ2v) is 4.69. The van der Waals surface area contributed by atoms with Crippen LogP contribution < -0.4 is 5.32 Å². The smallest absolute Gasteiger partial charge is 0.310 e. The molecule has 0 aliphatic rings. The lowest BCUT2D eigenvalue weighted by atomic mass is 9.94. The maximum absolute atomic E-state index is 11.2. The summed E-state index contributed by atoms with van der Waals surface area (Å²) in [6.45, 7) is 3.35. The molecule has 0 aliphatic carbocycles. The number of rotatable bonds is 6. The van der Waals surface area contributed by atoms with E-state index in [1.54, 1.807) is 25.6 Å². The number of carboxylic acids is 1. The molecule has 0 aromatic heterocycles. The SMILES string of the molecule is CSCCC(=O)NCC(C)(C)C(=O)O. The van der Waals surface area contributed by atoms with Crippen LogP contribution in [0.25, 0.3) is 0 Å². The largest absolute Gasteiger partial charge is 0.481 e. The van der Waals surface area contributed by atoms with Crippen LogP contribution in [-0.2, 0) is 9.59 Å². The Morgan fingerprint density at radius 2 is 2.00 bits per heavy atom. The van der Waals surface area contributed by atoms with Gasteiger partial charge in [-0.2, -0.15) is 11.8 Å². The highest BCUT2D eigenvalue weighted by atomic mass is 32.2. The third kappa shape index (κ3) is 5.11. The molecule has 0 fully saturated rings. The first-order chi connectivity index (χ1) is 6.40.